The Morgan fingerprint density at radius 1 is 0.898 bits per heavy atom. The Hall–Kier alpha value is -4.07. The van der Waals surface area contributed by atoms with E-state index in [2.05, 4.69) is 0 Å². The quantitative estimate of drug-likeness (QED) is 0.137. The van der Waals surface area contributed by atoms with Crippen molar-refractivity contribution in [3.8, 4) is 0 Å². The predicted octanol–water partition coefficient (Wildman–Crippen LogP) is 5.92. The lowest BCUT2D eigenvalue weighted by atomic mass is 9.84. The van der Waals surface area contributed by atoms with E-state index in [4.69, 9.17) is 16.2 Å². The van der Waals surface area contributed by atoms with Gasteiger partial charge in [-0.2, -0.15) is 4.31 Å². The van der Waals surface area contributed by atoms with Crippen LogP contribution in [0, 0.1) is 11.8 Å². The third-order valence-electron chi connectivity index (χ3n) is 8.74. The second-order valence-corrected chi connectivity index (χ2v) is 15.8. The summed E-state index contributed by atoms with van der Waals surface area (Å²) in [6, 6.07) is 25.8. The van der Waals surface area contributed by atoms with Crippen molar-refractivity contribution in [3.63, 3.8) is 0 Å². The molecule has 4 aromatic rings. The molecule has 49 heavy (non-hydrogen) atoms. The molecule has 1 fully saturated rings. The zero-order chi connectivity index (χ0) is 35.3. The number of methoxy groups -OCH3 is 1. The lowest BCUT2D eigenvalue weighted by molar-refractivity contribution is -0.133. The summed E-state index contributed by atoms with van der Waals surface area (Å²) in [5, 5.41) is 10.7. The summed E-state index contributed by atoms with van der Waals surface area (Å²) in [5.41, 5.74) is 14.7. The number of carbonyl (C=O) groups is 2. The van der Waals surface area contributed by atoms with E-state index in [9.17, 15) is 23.1 Å². The van der Waals surface area contributed by atoms with Gasteiger partial charge in [-0.25, -0.2) is 18.1 Å². The van der Waals surface area contributed by atoms with Crippen molar-refractivity contribution >= 4 is 39.0 Å². The molecule has 2 amide bonds. The highest BCUT2D eigenvalue weighted by Crippen LogP contribution is 2.48. The molecular formula is C37H44N4O6S2. The number of sulfonamides is 1. The third kappa shape index (κ3) is 8.05. The normalized spacial score (nSPS) is 15.3. The lowest BCUT2D eigenvalue weighted by Gasteiger charge is -2.33. The average Bonchev–Trinajstić information content (AvgIpc) is 3.83. The largest absolute Gasteiger partial charge is 0.452 e. The zero-order valence-electron chi connectivity index (χ0n) is 27.9. The van der Waals surface area contributed by atoms with Crippen LogP contribution in [0.1, 0.15) is 65.6 Å². The minimum absolute atomic E-state index is 0.0356. The van der Waals surface area contributed by atoms with Gasteiger partial charge in [0.1, 0.15) is 0 Å². The van der Waals surface area contributed by atoms with Crippen LogP contribution in [0.4, 0.5) is 10.5 Å². The van der Waals surface area contributed by atoms with Crippen LogP contribution in [0.5, 0.6) is 0 Å². The highest BCUT2D eigenvalue weighted by atomic mass is 32.2. The van der Waals surface area contributed by atoms with E-state index >= 15 is 0 Å². The van der Waals surface area contributed by atoms with Crippen LogP contribution in [0.2, 0.25) is 0 Å². The first-order valence-corrected chi connectivity index (χ1v) is 18.6. The molecule has 3 atom stereocenters. The standard InChI is InChI=1S/C37H44N4O6S2/c1-24(2)22-40(49(45,46)29-18-16-28(38)17-19-29)30(23-42)31-20-21-32(48-31)35(27-14-15-27)41(37(44)47-3)36(43)34(39)33(25-10-6-4-7-11-25)26-12-8-5-9-13-26/h4-13,16-21,24,27,30,33-35,42H,14-15,22-23,38-39H2,1-3H3/t30-,34+,35+/m1/s1. The molecule has 0 radical (unpaired) electrons. The van der Waals surface area contributed by atoms with Gasteiger partial charge >= 0.3 is 6.09 Å². The number of nitrogens with zero attached hydrogens (tertiary/aromatic N) is 2. The highest BCUT2D eigenvalue weighted by Gasteiger charge is 2.46. The number of carbonyl (C=O) groups excluding carboxylic acids is 2. The van der Waals surface area contributed by atoms with Crippen LogP contribution < -0.4 is 11.5 Å². The van der Waals surface area contributed by atoms with Gasteiger partial charge in [0.15, 0.2) is 0 Å². The van der Waals surface area contributed by atoms with Crippen molar-refractivity contribution < 1.29 is 27.9 Å². The third-order valence-corrected chi connectivity index (χ3v) is 11.9. The fourth-order valence-electron chi connectivity index (χ4n) is 6.21. The van der Waals surface area contributed by atoms with Gasteiger partial charge in [0.2, 0.25) is 15.9 Å². The van der Waals surface area contributed by atoms with Crippen molar-refractivity contribution in [1.29, 1.82) is 0 Å². The number of benzene rings is 3. The summed E-state index contributed by atoms with van der Waals surface area (Å²) < 4.78 is 34.4. The molecule has 5 N–H and O–H groups in total. The van der Waals surface area contributed by atoms with Crippen LogP contribution in [-0.2, 0) is 19.6 Å². The number of ether oxygens (including phenoxy) is 1. The molecule has 1 aliphatic carbocycles. The van der Waals surface area contributed by atoms with Gasteiger partial charge in [-0.05, 0) is 72.2 Å². The van der Waals surface area contributed by atoms with Gasteiger partial charge < -0.3 is 21.3 Å². The topological polar surface area (TPSA) is 156 Å². The van der Waals surface area contributed by atoms with Gasteiger partial charge in [-0.3, -0.25) is 4.79 Å². The molecule has 10 nitrogen and oxygen atoms in total. The van der Waals surface area contributed by atoms with E-state index in [1.165, 1.54) is 47.0 Å². The molecule has 0 aliphatic heterocycles. The average molecular weight is 705 g/mol. The van der Waals surface area contributed by atoms with E-state index in [1.807, 2.05) is 74.5 Å². The number of hydrogen-bond donors (Lipinski definition) is 3. The van der Waals surface area contributed by atoms with Gasteiger partial charge in [0.05, 0.1) is 36.7 Å². The van der Waals surface area contributed by atoms with E-state index < -0.39 is 52.7 Å². The molecule has 0 bridgehead atoms. The van der Waals surface area contributed by atoms with E-state index in [1.54, 1.807) is 12.1 Å². The molecule has 1 saturated carbocycles. The summed E-state index contributed by atoms with van der Waals surface area (Å²) in [4.78, 5) is 30.5. The molecule has 12 heteroatoms. The second kappa shape index (κ2) is 15.6. The van der Waals surface area contributed by atoms with Gasteiger partial charge in [-0.1, -0.05) is 74.5 Å². The van der Waals surface area contributed by atoms with Crippen molar-refractivity contribution in [3.05, 3.63) is 118 Å². The molecule has 0 unspecified atom stereocenters. The summed E-state index contributed by atoms with van der Waals surface area (Å²) in [6.07, 6.45) is 0.741. The summed E-state index contributed by atoms with van der Waals surface area (Å²) >= 11 is 1.27. The Morgan fingerprint density at radius 3 is 1.94 bits per heavy atom. The van der Waals surface area contributed by atoms with E-state index in [0.717, 1.165) is 28.9 Å². The Morgan fingerprint density at radius 2 is 1.45 bits per heavy atom. The fraction of sp³-hybridized carbons (Fsp3) is 0.351. The van der Waals surface area contributed by atoms with E-state index in [-0.39, 0.29) is 23.3 Å². The zero-order valence-corrected chi connectivity index (χ0v) is 29.5. The number of hydrogen-bond acceptors (Lipinski definition) is 9. The fourth-order valence-corrected chi connectivity index (χ4v) is 9.34. The van der Waals surface area contributed by atoms with Crippen LogP contribution in [0.3, 0.4) is 0 Å². The monoisotopic (exact) mass is 704 g/mol. The van der Waals surface area contributed by atoms with Gasteiger partial charge in [-0.15, -0.1) is 11.3 Å². The molecule has 1 aliphatic rings. The van der Waals surface area contributed by atoms with Crippen LogP contribution in [0.15, 0.2) is 102 Å². The minimum atomic E-state index is -4.04. The first-order chi connectivity index (χ1) is 23.5. The first kappa shape index (κ1) is 36.2. The predicted molar refractivity (Wildman–Crippen MR) is 191 cm³/mol. The van der Waals surface area contributed by atoms with Crippen LogP contribution >= 0.6 is 11.3 Å². The number of aliphatic hydroxyl groups is 1. The molecule has 1 aromatic heterocycles. The molecule has 3 aromatic carbocycles. The molecule has 0 spiro atoms. The Labute approximate surface area is 292 Å². The first-order valence-electron chi connectivity index (χ1n) is 16.3. The highest BCUT2D eigenvalue weighted by molar-refractivity contribution is 7.89. The second-order valence-electron chi connectivity index (χ2n) is 12.8. The number of amides is 2. The maximum Gasteiger partial charge on any atom is 0.416 e. The Kier molecular flexibility index (Phi) is 11.6. The van der Waals surface area contributed by atoms with Crippen molar-refractivity contribution in [2.45, 2.75) is 55.6 Å². The number of thiophene rings is 1. The maximum absolute atomic E-state index is 14.5. The summed E-state index contributed by atoms with van der Waals surface area (Å²) in [7, 11) is -2.81. The minimum Gasteiger partial charge on any atom is -0.452 e. The van der Waals surface area contributed by atoms with Crippen molar-refractivity contribution in [2.75, 3.05) is 26.0 Å². The molecule has 0 saturated heterocycles. The maximum atomic E-state index is 14.5. The lowest BCUT2D eigenvalue weighted by Crippen LogP contribution is -2.51. The Bertz CT molecular complexity index is 1770. The SMILES string of the molecule is COC(=O)N(C(=O)[C@@H](N)C(c1ccccc1)c1ccccc1)[C@H](c1ccc([C@@H](CO)N(CC(C)C)S(=O)(=O)c2ccc(N)cc2)s1)C1CC1. The van der Waals surface area contributed by atoms with Gasteiger partial charge in [0.25, 0.3) is 0 Å². The number of anilines is 1. The Balaban J connectivity index is 1.52. The number of nitrogen functional groups attached to an aromatic ring is 1. The number of imide groups is 1. The molecule has 5 rings (SSSR count). The summed E-state index contributed by atoms with van der Waals surface area (Å²) in [5.74, 6) is -1.20. The van der Waals surface area contributed by atoms with Crippen LogP contribution in [-0.4, -0.2) is 61.0 Å². The molecule has 260 valence electrons. The summed E-state index contributed by atoms with van der Waals surface area (Å²) in [6.45, 7) is 3.49. The molecular weight excluding hydrogens is 661 g/mol. The number of aliphatic hydroxyl groups excluding tert-OH is 1. The van der Waals surface area contributed by atoms with E-state index in [0.29, 0.717) is 15.4 Å². The van der Waals surface area contributed by atoms with Crippen molar-refractivity contribution in [2.24, 2.45) is 17.6 Å². The molecule has 1 heterocycles. The van der Waals surface area contributed by atoms with Gasteiger partial charge in [0, 0.05) is 27.9 Å². The van der Waals surface area contributed by atoms with Crippen LogP contribution in [0.25, 0.3) is 0 Å². The number of rotatable bonds is 14. The smallest absolute Gasteiger partial charge is 0.416 e. The van der Waals surface area contributed by atoms with Crippen molar-refractivity contribution in [1.82, 2.24) is 9.21 Å². The number of nitrogens with two attached hydrogens (primary N) is 2.